The highest BCUT2D eigenvalue weighted by Crippen LogP contribution is 2.35. The van der Waals surface area contributed by atoms with Gasteiger partial charge in [-0.3, -0.25) is 0 Å². The number of hydrogen-bond donors (Lipinski definition) is 1. The minimum Gasteiger partial charge on any atom is -0.316 e. The third-order valence-electron chi connectivity index (χ3n) is 2.87. The molecule has 0 spiro atoms. The van der Waals surface area contributed by atoms with E-state index < -0.39 is 0 Å². The Hall–Kier alpha value is -1.02. The van der Waals surface area contributed by atoms with E-state index in [0.717, 1.165) is 17.7 Å². The molecule has 2 aromatic rings. The van der Waals surface area contributed by atoms with Gasteiger partial charge < -0.3 is 5.32 Å². The van der Waals surface area contributed by atoms with Gasteiger partial charge in [0.05, 0.1) is 10.0 Å². The molecular formula is C15H15Cl2N. The lowest BCUT2D eigenvalue weighted by Gasteiger charge is -2.12. The average Bonchev–Trinajstić information content (AvgIpc) is 2.35. The van der Waals surface area contributed by atoms with Crippen molar-refractivity contribution in [1.29, 1.82) is 0 Å². The summed E-state index contributed by atoms with van der Waals surface area (Å²) >= 11 is 12.4. The third-order valence-corrected chi connectivity index (χ3v) is 3.69. The van der Waals surface area contributed by atoms with Gasteiger partial charge in [-0.05, 0) is 31.2 Å². The molecule has 94 valence electrons. The molecule has 2 aromatic carbocycles. The van der Waals surface area contributed by atoms with E-state index >= 15 is 0 Å². The maximum atomic E-state index is 6.30. The first kappa shape index (κ1) is 13.4. The molecule has 0 aliphatic rings. The second kappa shape index (κ2) is 5.75. The van der Waals surface area contributed by atoms with Crippen molar-refractivity contribution in [3.63, 3.8) is 0 Å². The van der Waals surface area contributed by atoms with Gasteiger partial charge >= 0.3 is 0 Å². The molecule has 0 amide bonds. The Morgan fingerprint density at radius 3 is 2.56 bits per heavy atom. The quantitative estimate of drug-likeness (QED) is 0.860. The number of benzene rings is 2. The smallest absolute Gasteiger partial charge is 0.0670 e. The van der Waals surface area contributed by atoms with Crippen molar-refractivity contribution in [2.75, 3.05) is 7.05 Å². The predicted molar refractivity (Wildman–Crippen MR) is 79.4 cm³/mol. The fourth-order valence-electron chi connectivity index (χ4n) is 2.00. The van der Waals surface area contributed by atoms with Gasteiger partial charge in [0, 0.05) is 12.1 Å². The SMILES string of the molecule is CNCc1ccc(C)cc1-c1cccc(Cl)c1Cl. The van der Waals surface area contributed by atoms with Crippen LogP contribution in [-0.4, -0.2) is 7.05 Å². The molecular weight excluding hydrogens is 265 g/mol. The Bertz CT molecular complexity index is 564. The predicted octanol–water partition coefficient (Wildman–Crippen LogP) is 4.69. The molecule has 3 heteroatoms. The lowest BCUT2D eigenvalue weighted by Crippen LogP contribution is -2.06. The summed E-state index contributed by atoms with van der Waals surface area (Å²) in [5, 5.41) is 4.37. The number of rotatable bonds is 3. The normalized spacial score (nSPS) is 10.7. The number of halogens is 2. The summed E-state index contributed by atoms with van der Waals surface area (Å²) in [6, 6.07) is 12.1. The largest absolute Gasteiger partial charge is 0.316 e. The molecule has 1 N–H and O–H groups in total. The van der Waals surface area contributed by atoms with Crippen molar-refractivity contribution in [2.45, 2.75) is 13.5 Å². The van der Waals surface area contributed by atoms with Crippen LogP contribution in [0.5, 0.6) is 0 Å². The third kappa shape index (κ3) is 2.69. The molecule has 0 unspecified atom stereocenters. The van der Waals surface area contributed by atoms with Gasteiger partial charge in [0.25, 0.3) is 0 Å². The summed E-state index contributed by atoms with van der Waals surface area (Å²) in [6.45, 7) is 2.88. The van der Waals surface area contributed by atoms with E-state index in [9.17, 15) is 0 Å². The molecule has 0 bridgehead atoms. The molecule has 0 aliphatic carbocycles. The Balaban J connectivity index is 2.61. The Labute approximate surface area is 118 Å². The minimum absolute atomic E-state index is 0.589. The summed E-state index contributed by atoms with van der Waals surface area (Å²) in [5.41, 5.74) is 4.54. The van der Waals surface area contributed by atoms with Crippen LogP contribution in [0.15, 0.2) is 36.4 Å². The van der Waals surface area contributed by atoms with E-state index in [-0.39, 0.29) is 0 Å². The molecule has 0 heterocycles. The van der Waals surface area contributed by atoms with E-state index in [1.54, 1.807) is 6.07 Å². The number of hydrogen-bond acceptors (Lipinski definition) is 1. The molecule has 0 saturated heterocycles. The van der Waals surface area contributed by atoms with E-state index in [2.05, 4.69) is 30.4 Å². The molecule has 2 rings (SSSR count). The zero-order chi connectivity index (χ0) is 13.1. The van der Waals surface area contributed by atoms with E-state index in [1.807, 2.05) is 19.2 Å². The van der Waals surface area contributed by atoms with Gasteiger partial charge in [-0.1, -0.05) is 59.1 Å². The summed E-state index contributed by atoms with van der Waals surface area (Å²) in [7, 11) is 1.93. The number of nitrogens with one attached hydrogen (secondary N) is 1. The first-order valence-electron chi connectivity index (χ1n) is 5.82. The van der Waals surface area contributed by atoms with Gasteiger partial charge in [-0.15, -0.1) is 0 Å². The van der Waals surface area contributed by atoms with Crippen LogP contribution in [0.4, 0.5) is 0 Å². The summed E-state index contributed by atoms with van der Waals surface area (Å²) in [4.78, 5) is 0. The molecule has 0 saturated carbocycles. The van der Waals surface area contributed by atoms with E-state index in [4.69, 9.17) is 23.2 Å². The first-order chi connectivity index (χ1) is 8.63. The zero-order valence-corrected chi connectivity index (χ0v) is 11.9. The van der Waals surface area contributed by atoms with Crippen LogP contribution in [0.1, 0.15) is 11.1 Å². The fraction of sp³-hybridized carbons (Fsp3) is 0.200. The van der Waals surface area contributed by atoms with Crippen molar-refractivity contribution < 1.29 is 0 Å². The highest BCUT2D eigenvalue weighted by atomic mass is 35.5. The molecule has 0 fully saturated rings. The maximum absolute atomic E-state index is 6.30. The standard InChI is InChI=1S/C15H15Cl2N/c1-10-6-7-11(9-18-2)13(8-10)12-4-3-5-14(16)15(12)17/h3-8,18H,9H2,1-2H3. The zero-order valence-electron chi connectivity index (χ0n) is 10.4. The van der Waals surface area contributed by atoms with Gasteiger partial charge in [-0.25, -0.2) is 0 Å². The number of aryl methyl sites for hydroxylation is 1. The highest BCUT2D eigenvalue weighted by molar-refractivity contribution is 6.43. The topological polar surface area (TPSA) is 12.0 Å². The molecule has 0 aromatic heterocycles. The summed E-state index contributed by atoms with van der Waals surface area (Å²) in [5.74, 6) is 0. The molecule has 0 aliphatic heterocycles. The average molecular weight is 280 g/mol. The maximum Gasteiger partial charge on any atom is 0.0670 e. The van der Waals surface area contributed by atoms with Crippen LogP contribution < -0.4 is 5.32 Å². The molecule has 1 nitrogen and oxygen atoms in total. The van der Waals surface area contributed by atoms with Gasteiger partial charge in [0.15, 0.2) is 0 Å². The van der Waals surface area contributed by atoms with Gasteiger partial charge in [0.2, 0.25) is 0 Å². The highest BCUT2D eigenvalue weighted by Gasteiger charge is 2.10. The van der Waals surface area contributed by atoms with Crippen LogP contribution in [-0.2, 0) is 6.54 Å². The lowest BCUT2D eigenvalue weighted by atomic mass is 9.97. The van der Waals surface area contributed by atoms with E-state index in [0.29, 0.717) is 10.0 Å². The van der Waals surface area contributed by atoms with Crippen molar-refractivity contribution in [3.8, 4) is 11.1 Å². The molecule has 18 heavy (non-hydrogen) atoms. The van der Waals surface area contributed by atoms with E-state index in [1.165, 1.54) is 11.1 Å². The second-order valence-electron chi connectivity index (χ2n) is 4.29. The Kier molecular flexibility index (Phi) is 4.28. The fourth-order valence-corrected chi connectivity index (χ4v) is 2.40. The van der Waals surface area contributed by atoms with Crippen LogP contribution >= 0.6 is 23.2 Å². The van der Waals surface area contributed by atoms with Gasteiger partial charge in [-0.2, -0.15) is 0 Å². The van der Waals surface area contributed by atoms with Crippen LogP contribution in [0.2, 0.25) is 10.0 Å². The monoisotopic (exact) mass is 279 g/mol. The summed E-state index contributed by atoms with van der Waals surface area (Å²) in [6.07, 6.45) is 0. The van der Waals surface area contributed by atoms with Gasteiger partial charge in [0.1, 0.15) is 0 Å². The van der Waals surface area contributed by atoms with Crippen LogP contribution in [0.25, 0.3) is 11.1 Å². The second-order valence-corrected chi connectivity index (χ2v) is 5.08. The van der Waals surface area contributed by atoms with Crippen molar-refractivity contribution in [3.05, 3.63) is 57.6 Å². The molecule has 0 radical (unpaired) electrons. The van der Waals surface area contributed by atoms with Crippen LogP contribution in [0, 0.1) is 6.92 Å². The minimum atomic E-state index is 0.589. The summed E-state index contributed by atoms with van der Waals surface area (Å²) < 4.78 is 0. The Morgan fingerprint density at radius 1 is 1.06 bits per heavy atom. The van der Waals surface area contributed by atoms with Crippen molar-refractivity contribution in [1.82, 2.24) is 5.32 Å². The first-order valence-corrected chi connectivity index (χ1v) is 6.57. The molecule has 0 atom stereocenters. The lowest BCUT2D eigenvalue weighted by molar-refractivity contribution is 0.819. The van der Waals surface area contributed by atoms with Crippen molar-refractivity contribution >= 4 is 23.2 Å². The van der Waals surface area contributed by atoms with Crippen LogP contribution in [0.3, 0.4) is 0 Å². The van der Waals surface area contributed by atoms with Crippen molar-refractivity contribution in [2.24, 2.45) is 0 Å². The Morgan fingerprint density at radius 2 is 1.83 bits per heavy atom.